The van der Waals surface area contributed by atoms with E-state index in [9.17, 15) is 4.79 Å². The number of nitrogens with zero attached hydrogens (tertiary/aromatic N) is 2. The summed E-state index contributed by atoms with van der Waals surface area (Å²) in [6.45, 7) is 1.99. The van der Waals surface area contributed by atoms with E-state index < -0.39 is 0 Å². The molecular weight excluding hydrogens is 348 g/mol. The Morgan fingerprint density at radius 2 is 1.56 bits per heavy atom. The molecule has 25 heavy (non-hydrogen) atoms. The van der Waals surface area contributed by atoms with Gasteiger partial charge in [0.25, 0.3) is 5.56 Å². The predicted molar refractivity (Wildman–Crippen MR) is 106 cm³/mol. The normalized spacial score (nSPS) is 11.6. The van der Waals surface area contributed by atoms with Gasteiger partial charge in [0.2, 0.25) is 0 Å². The van der Waals surface area contributed by atoms with Crippen LogP contribution in [0.2, 0.25) is 0 Å². The fraction of sp³-hybridized carbons (Fsp3) is 0.0500. The molecule has 5 aromatic rings. The Labute approximate surface area is 152 Å². The second-order valence-electron chi connectivity index (χ2n) is 5.94. The van der Waals surface area contributed by atoms with Crippen LogP contribution < -0.4 is 5.56 Å². The Morgan fingerprint density at radius 3 is 2.28 bits per heavy atom. The van der Waals surface area contributed by atoms with E-state index in [1.54, 1.807) is 33.3 Å². The summed E-state index contributed by atoms with van der Waals surface area (Å²) in [5.74, 6) is 0. The van der Waals surface area contributed by atoms with Gasteiger partial charge in [-0.05, 0) is 35.9 Å². The van der Waals surface area contributed by atoms with Crippen molar-refractivity contribution in [3.05, 3.63) is 81.4 Å². The number of para-hydroxylation sites is 1. The Hall–Kier alpha value is -2.63. The average Bonchev–Trinajstić information content (AvgIpc) is 3.36. The van der Waals surface area contributed by atoms with Crippen LogP contribution in [-0.4, -0.2) is 9.03 Å². The minimum atomic E-state index is 0.00392. The van der Waals surface area contributed by atoms with Crippen molar-refractivity contribution in [2.45, 2.75) is 6.92 Å². The van der Waals surface area contributed by atoms with E-state index in [2.05, 4.69) is 45.6 Å². The van der Waals surface area contributed by atoms with Gasteiger partial charge in [0, 0.05) is 27.6 Å². The zero-order valence-corrected chi connectivity index (χ0v) is 15.1. The van der Waals surface area contributed by atoms with Crippen LogP contribution in [0.5, 0.6) is 0 Å². The Bertz CT molecular complexity index is 1260. The molecule has 0 saturated carbocycles. The van der Waals surface area contributed by atoms with Gasteiger partial charge >= 0.3 is 0 Å². The van der Waals surface area contributed by atoms with Gasteiger partial charge in [-0.3, -0.25) is 4.79 Å². The maximum atomic E-state index is 12.7. The molecule has 0 atom stereocenters. The van der Waals surface area contributed by atoms with E-state index in [4.69, 9.17) is 0 Å². The van der Waals surface area contributed by atoms with Crippen LogP contribution in [0.3, 0.4) is 0 Å². The molecule has 0 aliphatic heterocycles. The fourth-order valence-electron chi connectivity index (χ4n) is 3.47. The lowest BCUT2D eigenvalue weighted by molar-refractivity contribution is 0.815. The molecule has 1 aromatic carbocycles. The van der Waals surface area contributed by atoms with Gasteiger partial charge in [-0.2, -0.15) is 0 Å². The Kier molecular flexibility index (Phi) is 3.20. The average molecular weight is 362 g/mol. The van der Waals surface area contributed by atoms with Crippen molar-refractivity contribution >= 4 is 33.6 Å². The third kappa shape index (κ3) is 2.06. The molecule has 4 heterocycles. The number of hydrogen-bond donors (Lipinski definition) is 0. The predicted octanol–water partition coefficient (Wildman–Crippen LogP) is 5.32. The molecule has 122 valence electrons. The highest BCUT2D eigenvalue weighted by Crippen LogP contribution is 2.41. The first-order valence-electron chi connectivity index (χ1n) is 7.99. The lowest BCUT2D eigenvalue weighted by Crippen LogP contribution is -2.14. The van der Waals surface area contributed by atoms with Gasteiger partial charge in [-0.15, -0.1) is 22.7 Å². The van der Waals surface area contributed by atoms with Crippen LogP contribution in [-0.2, 0) is 0 Å². The first kappa shape index (κ1) is 14.7. The molecule has 3 nitrogen and oxygen atoms in total. The van der Waals surface area contributed by atoms with Crippen LogP contribution in [0.1, 0.15) is 5.69 Å². The van der Waals surface area contributed by atoms with Gasteiger partial charge in [-0.25, -0.2) is 9.03 Å². The van der Waals surface area contributed by atoms with E-state index in [0.29, 0.717) is 0 Å². The summed E-state index contributed by atoms with van der Waals surface area (Å²) in [5, 5.41) is 5.28. The minimum absolute atomic E-state index is 0.00392. The minimum Gasteiger partial charge on any atom is -0.267 e. The maximum absolute atomic E-state index is 12.7. The van der Waals surface area contributed by atoms with Crippen molar-refractivity contribution in [3.63, 3.8) is 0 Å². The maximum Gasteiger partial charge on any atom is 0.271 e. The Balaban J connectivity index is 2.14. The molecule has 0 aliphatic carbocycles. The van der Waals surface area contributed by atoms with Gasteiger partial charge < -0.3 is 0 Å². The lowest BCUT2D eigenvalue weighted by Gasteiger charge is -2.17. The van der Waals surface area contributed by atoms with Crippen LogP contribution in [0.4, 0.5) is 0 Å². The standard InChI is InChI=1S/C20H14N2OS2/c1-13-12-18(23)22-15-7-3-2-6-14(15)19(16-8-4-10-24-16)20(21(13)22)17-9-5-11-25-17/h2-12H,1H3. The molecule has 0 spiro atoms. The SMILES string of the molecule is Cc1cc(=O)n2c3ccccc3c(-c3cccs3)c(-c3cccs3)n12. The fourth-order valence-corrected chi connectivity index (χ4v) is 5.02. The van der Waals surface area contributed by atoms with Gasteiger partial charge in [0.15, 0.2) is 0 Å². The van der Waals surface area contributed by atoms with Gasteiger partial charge in [-0.1, -0.05) is 30.3 Å². The summed E-state index contributed by atoms with van der Waals surface area (Å²) in [6, 6.07) is 18.3. The van der Waals surface area contributed by atoms with E-state index >= 15 is 0 Å². The van der Waals surface area contributed by atoms with Crippen molar-refractivity contribution in [2.75, 3.05) is 0 Å². The molecule has 5 rings (SSSR count). The second kappa shape index (κ2) is 5.44. The van der Waals surface area contributed by atoms with Crippen molar-refractivity contribution in [1.29, 1.82) is 0 Å². The highest BCUT2D eigenvalue weighted by molar-refractivity contribution is 7.14. The van der Waals surface area contributed by atoms with Crippen LogP contribution in [0.15, 0.2) is 70.2 Å². The van der Waals surface area contributed by atoms with Crippen molar-refractivity contribution in [3.8, 4) is 21.0 Å². The molecule has 0 amide bonds. The summed E-state index contributed by atoms with van der Waals surface area (Å²) in [4.78, 5) is 15.0. The largest absolute Gasteiger partial charge is 0.271 e. The third-order valence-electron chi connectivity index (χ3n) is 4.45. The number of aromatic nitrogens is 2. The summed E-state index contributed by atoms with van der Waals surface area (Å²) in [7, 11) is 0. The molecule has 5 heteroatoms. The van der Waals surface area contributed by atoms with E-state index in [0.717, 1.165) is 27.2 Å². The molecule has 0 N–H and O–H groups in total. The smallest absolute Gasteiger partial charge is 0.267 e. The van der Waals surface area contributed by atoms with Gasteiger partial charge in [0.05, 0.1) is 16.1 Å². The van der Waals surface area contributed by atoms with Gasteiger partial charge in [0.1, 0.15) is 0 Å². The van der Waals surface area contributed by atoms with Crippen molar-refractivity contribution < 1.29 is 0 Å². The first-order valence-corrected chi connectivity index (χ1v) is 9.75. The second-order valence-corrected chi connectivity index (χ2v) is 7.84. The van der Waals surface area contributed by atoms with Crippen LogP contribution in [0.25, 0.3) is 31.9 Å². The van der Waals surface area contributed by atoms with Crippen LogP contribution in [0, 0.1) is 6.92 Å². The molecule has 0 unspecified atom stereocenters. The number of benzene rings is 1. The highest BCUT2D eigenvalue weighted by atomic mass is 32.1. The molecule has 0 fully saturated rings. The topological polar surface area (TPSA) is 25.9 Å². The molecular formula is C20H14N2OS2. The summed E-state index contributed by atoms with van der Waals surface area (Å²) < 4.78 is 3.85. The van der Waals surface area contributed by atoms with E-state index in [-0.39, 0.29) is 5.56 Å². The number of aryl methyl sites for hydroxylation is 1. The highest BCUT2D eigenvalue weighted by Gasteiger charge is 2.20. The number of fused-ring (bicyclic) bond motifs is 3. The Morgan fingerprint density at radius 1 is 0.840 bits per heavy atom. The summed E-state index contributed by atoms with van der Waals surface area (Å²) in [6.07, 6.45) is 0. The first-order chi connectivity index (χ1) is 12.3. The van der Waals surface area contributed by atoms with E-state index in [1.807, 2.05) is 25.1 Å². The number of hydrogen-bond acceptors (Lipinski definition) is 3. The zero-order valence-electron chi connectivity index (χ0n) is 13.5. The summed E-state index contributed by atoms with van der Waals surface area (Å²) >= 11 is 3.42. The molecule has 4 aromatic heterocycles. The molecule has 0 radical (unpaired) electrons. The van der Waals surface area contributed by atoms with Crippen LogP contribution >= 0.6 is 22.7 Å². The molecule has 0 aliphatic rings. The monoisotopic (exact) mass is 362 g/mol. The van der Waals surface area contributed by atoms with Crippen molar-refractivity contribution in [2.24, 2.45) is 0 Å². The van der Waals surface area contributed by atoms with Crippen molar-refractivity contribution in [1.82, 2.24) is 9.03 Å². The number of rotatable bonds is 2. The molecule has 0 bridgehead atoms. The zero-order chi connectivity index (χ0) is 17.0. The molecule has 0 saturated heterocycles. The number of thiophene rings is 2. The quantitative estimate of drug-likeness (QED) is 0.417. The van der Waals surface area contributed by atoms with E-state index in [1.165, 1.54) is 10.4 Å². The third-order valence-corrected chi connectivity index (χ3v) is 6.21. The lowest BCUT2D eigenvalue weighted by atomic mass is 10.0. The summed E-state index contributed by atoms with van der Waals surface area (Å²) in [5.41, 5.74) is 4.15.